The van der Waals surface area contributed by atoms with Gasteiger partial charge >= 0.3 is 5.97 Å². The van der Waals surface area contributed by atoms with Gasteiger partial charge < -0.3 is 14.4 Å². The van der Waals surface area contributed by atoms with Gasteiger partial charge in [0, 0.05) is 19.2 Å². The second-order valence-corrected chi connectivity index (χ2v) is 4.78. The summed E-state index contributed by atoms with van der Waals surface area (Å²) in [5.74, 6) is -1.32. The molecular weight excluding hydrogens is 234 g/mol. The van der Waals surface area contributed by atoms with Crippen LogP contribution in [0.5, 0.6) is 0 Å². The summed E-state index contributed by atoms with van der Waals surface area (Å²) in [6.45, 7) is 5.67. The monoisotopic (exact) mass is 253 g/mol. The van der Waals surface area contributed by atoms with E-state index in [4.69, 9.17) is 9.52 Å². The van der Waals surface area contributed by atoms with Gasteiger partial charge in [-0.15, -0.1) is 0 Å². The molecule has 1 rings (SSSR count). The standard InChI is InChI=1S/C13H19NO4/c1-8(2)10-5-6-18-11(10)12(15)14(4)7-9(3)13(16)17/h5-6,8-9H,7H2,1-4H3,(H,16,17). The van der Waals surface area contributed by atoms with Gasteiger partial charge in [0.05, 0.1) is 12.2 Å². The Morgan fingerprint density at radius 1 is 1.39 bits per heavy atom. The van der Waals surface area contributed by atoms with Crippen LogP contribution in [0.3, 0.4) is 0 Å². The van der Waals surface area contributed by atoms with Crippen LogP contribution >= 0.6 is 0 Å². The molecule has 1 aromatic heterocycles. The molecule has 100 valence electrons. The number of rotatable bonds is 5. The average molecular weight is 253 g/mol. The van der Waals surface area contributed by atoms with E-state index >= 15 is 0 Å². The number of carboxylic acid groups (broad SMARTS) is 1. The van der Waals surface area contributed by atoms with Crippen molar-refractivity contribution in [2.75, 3.05) is 13.6 Å². The van der Waals surface area contributed by atoms with Gasteiger partial charge in [0.2, 0.25) is 0 Å². The number of amides is 1. The lowest BCUT2D eigenvalue weighted by atomic mass is 10.0. The zero-order valence-electron chi connectivity index (χ0n) is 11.1. The lowest BCUT2D eigenvalue weighted by Gasteiger charge is -2.19. The predicted molar refractivity (Wildman–Crippen MR) is 66.6 cm³/mol. The van der Waals surface area contributed by atoms with Crippen LogP contribution in [-0.2, 0) is 4.79 Å². The minimum absolute atomic E-state index is 0.159. The van der Waals surface area contributed by atoms with Crippen LogP contribution in [0.2, 0.25) is 0 Å². The smallest absolute Gasteiger partial charge is 0.308 e. The molecule has 0 saturated heterocycles. The molecule has 1 unspecified atom stereocenters. The summed E-state index contributed by atoms with van der Waals surface area (Å²) in [5, 5.41) is 8.82. The van der Waals surface area contributed by atoms with E-state index in [1.807, 2.05) is 13.8 Å². The molecular formula is C13H19NO4. The fourth-order valence-electron chi connectivity index (χ4n) is 1.69. The van der Waals surface area contributed by atoms with E-state index in [9.17, 15) is 9.59 Å². The van der Waals surface area contributed by atoms with E-state index in [1.165, 1.54) is 11.2 Å². The fraction of sp³-hybridized carbons (Fsp3) is 0.538. The Balaban J connectivity index is 2.80. The van der Waals surface area contributed by atoms with Gasteiger partial charge in [-0.2, -0.15) is 0 Å². The Labute approximate surface area is 106 Å². The molecule has 1 atom stereocenters. The molecule has 0 saturated carbocycles. The topological polar surface area (TPSA) is 70.8 Å². The summed E-state index contributed by atoms with van der Waals surface area (Å²) in [6.07, 6.45) is 1.48. The maximum absolute atomic E-state index is 12.1. The summed E-state index contributed by atoms with van der Waals surface area (Å²) in [6, 6.07) is 1.77. The first-order valence-corrected chi connectivity index (χ1v) is 5.90. The van der Waals surface area contributed by atoms with Gasteiger partial charge in [0.1, 0.15) is 0 Å². The van der Waals surface area contributed by atoms with Gasteiger partial charge in [-0.3, -0.25) is 9.59 Å². The van der Waals surface area contributed by atoms with Gasteiger partial charge in [0.15, 0.2) is 5.76 Å². The van der Waals surface area contributed by atoms with Crippen molar-refractivity contribution in [1.29, 1.82) is 0 Å². The number of hydrogen-bond acceptors (Lipinski definition) is 3. The Bertz CT molecular complexity index is 436. The Morgan fingerprint density at radius 3 is 2.50 bits per heavy atom. The quantitative estimate of drug-likeness (QED) is 0.873. The van der Waals surface area contributed by atoms with Crippen LogP contribution in [0.25, 0.3) is 0 Å². The highest BCUT2D eigenvalue weighted by Crippen LogP contribution is 2.21. The summed E-state index contributed by atoms with van der Waals surface area (Å²) in [7, 11) is 1.58. The Kier molecular flexibility index (Phi) is 4.53. The first kappa shape index (κ1) is 14.3. The number of furan rings is 1. The molecule has 0 aromatic carbocycles. The number of carboxylic acids is 1. The third-order valence-electron chi connectivity index (χ3n) is 2.83. The van der Waals surface area contributed by atoms with E-state index in [-0.39, 0.29) is 18.4 Å². The van der Waals surface area contributed by atoms with Crippen molar-refractivity contribution in [3.8, 4) is 0 Å². The second-order valence-electron chi connectivity index (χ2n) is 4.78. The molecule has 1 heterocycles. The molecule has 1 aromatic rings. The van der Waals surface area contributed by atoms with Crippen molar-refractivity contribution in [3.63, 3.8) is 0 Å². The summed E-state index contributed by atoms with van der Waals surface area (Å²) >= 11 is 0. The van der Waals surface area contributed by atoms with E-state index in [0.717, 1.165) is 5.56 Å². The van der Waals surface area contributed by atoms with Gasteiger partial charge in [-0.05, 0) is 12.0 Å². The predicted octanol–water partition coefficient (Wildman–Crippen LogP) is 2.20. The first-order valence-electron chi connectivity index (χ1n) is 5.90. The zero-order valence-corrected chi connectivity index (χ0v) is 11.1. The number of nitrogens with zero attached hydrogens (tertiary/aromatic N) is 1. The number of carbonyl (C=O) groups excluding carboxylic acids is 1. The molecule has 0 fully saturated rings. The van der Waals surface area contributed by atoms with Gasteiger partial charge in [-0.1, -0.05) is 20.8 Å². The normalized spacial score (nSPS) is 12.5. The Hall–Kier alpha value is -1.78. The van der Waals surface area contributed by atoms with Crippen molar-refractivity contribution in [2.45, 2.75) is 26.7 Å². The lowest BCUT2D eigenvalue weighted by molar-refractivity contribution is -0.141. The summed E-state index contributed by atoms with van der Waals surface area (Å²) in [4.78, 5) is 24.3. The molecule has 0 bridgehead atoms. The molecule has 1 N–H and O–H groups in total. The van der Waals surface area contributed by atoms with Crippen molar-refractivity contribution >= 4 is 11.9 Å². The summed E-state index contributed by atoms with van der Waals surface area (Å²) in [5.41, 5.74) is 0.842. The maximum atomic E-state index is 12.1. The third-order valence-corrected chi connectivity index (χ3v) is 2.83. The van der Waals surface area contributed by atoms with E-state index < -0.39 is 11.9 Å². The third kappa shape index (κ3) is 3.12. The molecule has 0 radical (unpaired) electrons. The Morgan fingerprint density at radius 2 is 2.00 bits per heavy atom. The molecule has 1 amide bonds. The highest BCUT2D eigenvalue weighted by molar-refractivity contribution is 5.93. The van der Waals surface area contributed by atoms with Crippen molar-refractivity contribution in [3.05, 3.63) is 23.7 Å². The van der Waals surface area contributed by atoms with Crippen LogP contribution < -0.4 is 0 Å². The van der Waals surface area contributed by atoms with Gasteiger partial charge in [-0.25, -0.2) is 0 Å². The van der Waals surface area contributed by atoms with Crippen molar-refractivity contribution < 1.29 is 19.1 Å². The van der Waals surface area contributed by atoms with E-state index in [1.54, 1.807) is 20.0 Å². The minimum Gasteiger partial charge on any atom is -0.481 e. The van der Waals surface area contributed by atoms with E-state index in [0.29, 0.717) is 5.76 Å². The van der Waals surface area contributed by atoms with Crippen LogP contribution in [0.1, 0.15) is 42.8 Å². The molecule has 0 spiro atoms. The highest BCUT2D eigenvalue weighted by Gasteiger charge is 2.23. The largest absolute Gasteiger partial charge is 0.481 e. The van der Waals surface area contributed by atoms with Crippen LogP contribution in [-0.4, -0.2) is 35.5 Å². The minimum atomic E-state index is -0.918. The molecule has 18 heavy (non-hydrogen) atoms. The molecule has 0 aliphatic rings. The first-order chi connectivity index (χ1) is 8.34. The second kappa shape index (κ2) is 5.71. The molecule has 0 aliphatic carbocycles. The molecule has 5 heteroatoms. The fourth-order valence-corrected chi connectivity index (χ4v) is 1.69. The number of hydrogen-bond donors (Lipinski definition) is 1. The maximum Gasteiger partial charge on any atom is 0.308 e. The van der Waals surface area contributed by atoms with Crippen molar-refractivity contribution in [1.82, 2.24) is 4.90 Å². The number of aliphatic carboxylic acids is 1. The zero-order chi connectivity index (χ0) is 13.9. The molecule has 0 aliphatic heterocycles. The van der Waals surface area contributed by atoms with Crippen LogP contribution in [0.4, 0.5) is 0 Å². The molecule has 5 nitrogen and oxygen atoms in total. The summed E-state index contributed by atoms with van der Waals surface area (Å²) < 4.78 is 5.21. The van der Waals surface area contributed by atoms with Crippen LogP contribution in [0.15, 0.2) is 16.7 Å². The SMILES string of the molecule is CC(CN(C)C(=O)c1occc1C(C)C)C(=O)O. The van der Waals surface area contributed by atoms with E-state index in [2.05, 4.69) is 0 Å². The number of carbonyl (C=O) groups is 2. The lowest BCUT2D eigenvalue weighted by Crippen LogP contribution is -2.34. The average Bonchev–Trinajstić information content (AvgIpc) is 2.76. The highest BCUT2D eigenvalue weighted by atomic mass is 16.4. The van der Waals surface area contributed by atoms with Gasteiger partial charge in [0.25, 0.3) is 5.91 Å². The van der Waals surface area contributed by atoms with Crippen LogP contribution in [0, 0.1) is 5.92 Å². The van der Waals surface area contributed by atoms with Crippen molar-refractivity contribution in [2.24, 2.45) is 5.92 Å².